The van der Waals surface area contributed by atoms with E-state index in [1.165, 1.54) is 12.1 Å². The number of carboxylic acids is 1. The number of carbonyl (C=O) groups is 1. The van der Waals surface area contributed by atoms with E-state index in [9.17, 15) is 13.2 Å². The second-order valence-electron chi connectivity index (χ2n) is 5.26. The van der Waals surface area contributed by atoms with Gasteiger partial charge in [0.1, 0.15) is 15.7 Å². The van der Waals surface area contributed by atoms with Crippen LogP contribution in [0.2, 0.25) is 0 Å². The summed E-state index contributed by atoms with van der Waals surface area (Å²) < 4.78 is 22.5. The number of hydrogen-bond donors (Lipinski definition) is 2. The molecular weight excluding hydrogens is 280 g/mol. The normalized spacial score (nSPS) is 13.2. The van der Waals surface area contributed by atoms with Crippen LogP contribution in [0.4, 0.5) is 5.82 Å². The molecule has 2 N–H and O–H groups in total. The first-order chi connectivity index (χ1) is 9.08. The Bertz CT molecular complexity index is 596. The molecule has 0 saturated carbocycles. The monoisotopic (exact) mass is 300 g/mol. The minimum absolute atomic E-state index is 0.0387. The lowest BCUT2D eigenvalue weighted by molar-refractivity contribution is 0.0696. The molecule has 0 aliphatic heterocycles. The third-order valence-electron chi connectivity index (χ3n) is 2.63. The predicted molar refractivity (Wildman–Crippen MR) is 78.1 cm³/mol. The van der Waals surface area contributed by atoms with Crippen LogP contribution in [-0.2, 0) is 9.84 Å². The molecule has 0 aromatic carbocycles. The topological polar surface area (TPSA) is 96.4 Å². The average Bonchev–Trinajstić information content (AvgIpc) is 2.25. The van der Waals surface area contributed by atoms with E-state index in [1.54, 1.807) is 6.92 Å². The summed E-state index contributed by atoms with van der Waals surface area (Å²) in [6.45, 7) is 5.54. The molecule has 0 spiro atoms. The molecule has 0 amide bonds. The number of pyridine rings is 1. The van der Waals surface area contributed by atoms with Gasteiger partial charge in [-0.25, -0.2) is 18.2 Å². The molecule has 1 heterocycles. The van der Waals surface area contributed by atoms with Crippen LogP contribution in [0.3, 0.4) is 0 Å². The van der Waals surface area contributed by atoms with Gasteiger partial charge in [0.2, 0.25) is 0 Å². The SMILES string of the molecule is CC(CS(C)(=O)=O)Nc1cc(C(=O)O)cc(C(C)C)n1. The highest BCUT2D eigenvalue weighted by molar-refractivity contribution is 7.90. The van der Waals surface area contributed by atoms with Crippen molar-refractivity contribution in [3.8, 4) is 0 Å². The second kappa shape index (κ2) is 6.21. The first-order valence-corrected chi connectivity index (χ1v) is 8.34. The molecule has 1 aromatic rings. The van der Waals surface area contributed by atoms with Gasteiger partial charge in [0.05, 0.1) is 11.3 Å². The van der Waals surface area contributed by atoms with Crippen LogP contribution in [-0.4, -0.2) is 42.5 Å². The largest absolute Gasteiger partial charge is 0.478 e. The van der Waals surface area contributed by atoms with Crippen molar-refractivity contribution in [2.45, 2.75) is 32.7 Å². The van der Waals surface area contributed by atoms with Gasteiger partial charge in [0.15, 0.2) is 0 Å². The number of rotatable bonds is 6. The van der Waals surface area contributed by atoms with Crippen LogP contribution in [0, 0.1) is 0 Å². The van der Waals surface area contributed by atoms with Crippen molar-refractivity contribution in [1.82, 2.24) is 4.98 Å². The van der Waals surface area contributed by atoms with Gasteiger partial charge < -0.3 is 10.4 Å². The summed E-state index contributed by atoms with van der Waals surface area (Å²) in [5.74, 6) is -0.610. The second-order valence-corrected chi connectivity index (χ2v) is 7.45. The number of aromatic nitrogens is 1. The van der Waals surface area contributed by atoms with Crippen LogP contribution in [0.15, 0.2) is 12.1 Å². The van der Waals surface area contributed by atoms with Crippen LogP contribution in [0.25, 0.3) is 0 Å². The highest BCUT2D eigenvalue weighted by Gasteiger charge is 2.14. The Kier molecular flexibility index (Phi) is 5.10. The smallest absolute Gasteiger partial charge is 0.335 e. The van der Waals surface area contributed by atoms with E-state index in [2.05, 4.69) is 10.3 Å². The predicted octanol–water partition coefficient (Wildman–Crippen LogP) is 1.75. The van der Waals surface area contributed by atoms with Gasteiger partial charge >= 0.3 is 5.97 Å². The third kappa shape index (κ3) is 5.16. The number of carboxylic acid groups (broad SMARTS) is 1. The van der Waals surface area contributed by atoms with Crippen LogP contribution < -0.4 is 5.32 Å². The van der Waals surface area contributed by atoms with Crippen molar-refractivity contribution in [1.29, 1.82) is 0 Å². The first kappa shape index (κ1) is 16.4. The van der Waals surface area contributed by atoms with E-state index in [0.29, 0.717) is 11.5 Å². The van der Waals surface area contributed by atoms with E-state index >= 15 is 0 Å². The Labute approximate surface area is 119 Å². The maximum absolute atomic E-state index is 11.2. The highest BCUT2D eigenvalue weighted by Crippen LogP contribution is 2.18. The van der Waals surface area contributed by atoms with Crippen molar-refractivity contribution in [2.75, 3.05) is 17.3 Å². The van der Waals surface area contributed by atoms with Crippen LogP contribution in [0.1, 0.15) is 42.7 Å². The van der Waals surface area contributed by atoms with Gasteiger partial charge in [-0.15, -0.1) is 0 Å². The lowest BCUT2D eigenvalue weighted by Crippen LogP contribution is -2.25. The van der Waals surface area contributed by atoms with Gasteiger partial charge in [-0.2, -0.15) is 0 Å². The zero-order chi connectivity index (χ0) is 15.5. The minimum atomic E-state index is -3.10. The summed E-state index contributed by atoms with van der Waals surface area (Å²) in [6, 6.07) is 2.59. The molecule has 20 heavy (non-hydrogen) atoms. The Morgan fingerprint density at radius 1 is 1.35 bits per heavy atom. The molecule has 1 aromatic heterocycles. The van der Waals surface area contributed by atoms with Gasteiger partial charge in [-0.05, 0) is 25.0 Å². The van der Waals surface area contributed by atoms with Crippen molar-refractivity contribution in [3.63, 3.8) is 0 Å². The lowest BCUT2D eigenvalue weighted by Gasteiger charge is -2.15. The number of nitrogens with zero attached hydrogens (tertiary/aromatic N) is 1. The molecular formula is C13H20N2O4S. The zero-order valence-electron chi connectivity index (χ0n) is 12.0. The van der Waals surface area contributed by atoms with Gasteiger partial charge in [-0.1, -0.05) is 13.8 Å². The average molecular weight is 300 g/mol. The van der Waals surface area contributed by atoms with Crippen molar-refractivity contribution >= 4 is 21.6 Å². The van der Waals surface area contributed by atoms with Crippen molar-refractivity contribution in [3.05, 3.63) is 23.4 Å². The van der Waals surface area contributed by atoms with Crippen molar-refractivity contribution < 1.29 is 18.3 Å². The molecule has 7 heteroatoms. The summed E-state index contributed by atoms with van der Waals surface area (Å²) in [7, 11) is -3.10. The third-order valence-corrected chi connectivity index (χ3v) is 3.74. The van der Waals surface area contributed by atoms with Crippen LogP contribution >= 0.6 is 0 Å². The molecule has 0 saturated heterocycles. The van der Waals surface area contributed by atoms with E-state index in [-0.39, 0.29) is 23.3 Å². The summed E-state index contributed by atoms with van der Waals surface area (Å²) in [4.78, 5) is 15.4. The lowest BCUT2D eigenvalue weighted by atomic mass is 10.1. The van der Waals surface area contributed by atoms with Crippen molar-refractivity contribution in [2.24, 2.45) is 0 Å². The molecule has 1 unspecified atom stereocenters. The van der Waals surface area contributed by atoms with E-state index in [1.807, 2.05) is 13.8 Å². The van der Waals surface area contributed by atoms with Gasteiger partial charge in [0.25, 0.3) is 0 Å². The van der Waals surface area contributed by atoms with E-state index < -0.39 is 15.8 Å². The minimum Gasteiger partial charge on any atom is -0.478 e. The molecule has 0 aliphatic rings. The molecule has 0 fully saturated rings. The molecule has 112 valence electrons. The summed E-state index contributed by atoms with van der Waals surface area (Å²) >= 11 is 0. The molecule has 6 nitrogen and oxygen atoms in total. The molecule has 1 atom stereocenters. The maximum Gasteiger partial charge on any atom is 0.335 e. The number of aromatic carboxylic acids is 1. The van der Waals surface area contributed by atoms with Gasteiger partial charge in [0, 0.05) is 18.0 Å². The Hall–Kier alpha value is -1.63. The fourth-order valence-electron chi connectivity index (χ4n) is 1.79. The Morgan fingerprint density at radius 2 is 1.95 bits per heavy atom. The quantitative estimate of drug-likeness (QED) is 0.831. The first-order valence-electron chi connectivity index (χ1n) is 6.28. The fourth-order valence-corrected chi connectivity index (χ4v) is 2.78. The summed E-state index contributed by atoms with van der Waals surface area (Å²) in [6.07, 6.45) is 1.16. The fraction of sp³-hybridized carbons (Fsp3) is 0.538. The Morgan fingerprint density at radius 3 is 2.40 bits per heavy atom. The summed E-state index contributed by atoms with van der Waals surface area (Å²) in [5, 5.41) is 12.0. The van der Waals surface area contributed by atoms with Gasteiger partial charge in [-0.3, -0.25) is 0 Å². The zero-order valence-corrected chi connectivity index (χ0v) is 12.9. The highest BCUT2D eigenvalue weighted by atomic mass is 32.2. The summed E-state index contributed by atoms with van der Waals surface area (Å²) in [5.41, 5.74) is 0.789. The van der Waals surface area contributed by atoms with E-state index in [4.69, 9.17) is 5.11 Å². The molecule has 0 bridgehead atoms. The molecule has 1 rings (SSSR count). The van der Waals surface area contributed by atoms with Crippen LogP contribution in [0.5, 0.6) is 0 Å². The Balaban J connectivity index is 3.02. The maximum atomic E-state index is 11.2. The standard InChI is InChI=1S/C13H20N2O4S/c1-8(2)11-5-10(13(16)17)6-12(15-11)14-9(3)7-20(4,18)19/h5-6,8-9H,7H2,1-4H3,(H,14,15)(H,16,17). The molecule has 0 radical (unpaired) electrons. The number of anilines is 1. The number of nitrogens with one attached hydrogen (secondary N) is 1. The number of sulfone groups is 1. The van der Waals surface area contributed by atoms with E-state index in [0.717, 1.165) is 6.26 Å². The molecule has 0 aliphatic carbocycles. The number of hydrogen-bond acceptors (Lipinski definition) is 5.